The van der Waals surface area contributed by atoms with Gasteiger partial charge in [-0.25, -0.2) is 9.97 Å². The van der Waals surface area contributed by atoms with Gasteiger partial charge in [0.2, 0.25) is 11.6 Å². The van der Waals surface area contributed by atoms with Gasteiger partial charge >= 0.3 is 0 Å². The summed E-state index contributed by atoms with van der Waals surface area (Å²) < 4.78 is 2.45. The van der Waals surface area contributed by atoms with Crippen LogP contribution >= 0.6 is 43.5 Å². The standard InChI is InChI=1S/C15H10Br2ClN3O2/c1-2-11-12(21-6-8(18)5-19-15(21)20-11)13(22)7-3-9(16)14(23)10(17)4-7/h3-6,23H,2H2,1H3. The number of phenolic OH excluding ortho intramolecular Hbond substituents is 1. The van der Waals surface area contributed by atoms with Gasteiger partial charge in [0.05, 0.1) is 25.9 Å². The number of halogens is 3. The van der Waals surface area contributed by atoms with E-state index < -0.39 is 0 Å². The SMILES string of the molecule is CCc1nc2ncc(Cl)cn2c1C(=O)c1cc(Br)c(O)c(Br)c1. The van der Waals surface area contributed by atoms with Crippen molar-refractivity contribution < 1.29 is 9.90 Å². The first-order valence-electron chi connectivity index (χ1n) is 6.67. The third-order valence-corrected chi connectivity index (χ3v) is 4.75. The van der Waals surface area contributed by atoms with E-state index in [-0.39, 0.29) is 11.5 Å². The molecule has 0 atom stereocenters. The predicted molar refractivity (Wildman–Crippen MR) is 94.3 cm³/mol. The zero-order valence-corrected chi connectivity index (χ0v) is 15.8. The molecule has 0 radical (unpaired) electrons. The molecule has 0 aliphatic carbocycles. The summed E-state index contributed by atoms with van der Waals surface area (Å²) in [5.74, 6) is 0.242. The number of nitrogens with zero attached hydrogens (tertiary/aromatic N) is 3. The smallest absolute Gasteiger partial charge is 0.234 e. The Bertz CT molecular complexity index is 917. The lowest BCUT2D eigenvalue weighted by atomic mass is 10.1. The highest BCUT2D eigenvalue weighted by molar-refractivity contribution is 9.11. The number of carbonyl (C=O) groups is 1. The van der Waals surface area contributed by atoms with Crippen molar-refractivity contribution in [3.63, 3.8) is 0 Å². The van der Waals surface area contributed by atoms with Crippen molar-refractivity contribution in [3.05, 3.63) is 55.4 Å². The van der Waals surface area contributed by atoms with E-state index in [1.54, 1.807) is 22.7 Å². The zero-order chi connectivity index (χ0) is 16.7. The van der Waals surface area contributed by atoms with Crippen molar-refractivity contribution in [1.82, 2.24) is 14.4 Å². The number of carbonyl (C=O) groups excluding carboxylic acids is 1. The lowest BCUT2D eigenvalue weighted by molar-refractivity contribution is 0.103. The van der Waals surface area contributed by atoms with E-state index in [0.717, 1.165) is 0 Å². The number of hydrogen-bond acceptors (Lipinski definition) is 4. The van der Waals surface area contributed by atoms with E-state index in [2.05, 4.69) is 41.8 Å². The van der Waals surface area contributed by atoms with E-state index in [1.165, 1.54) is 6.20 Å². The molecule has 2 aromatic heterocycles. The Morgan fingerprint density at radius 3 is 2.61 bits per heavy atom. The second kappa shape index (κ2) is 6.22. The van der Waals surface area contributed by atoms with Crippen molar-refractivity contribution in [1.29, 1.82) is 0 Å². The summed E-state index contributed by atoms with van der Waals surface area (Å²) in [5.41, 5.74) is 1.48. The third-order valence-electron chi connectivity index (χ3n) is 3.35. The highest BCUT2D eigenvalue weighted by Crippen LogP contribution is 2.34. The molecule has 0 saturated heterocycles. The fourth-order valence-corrected chi connectivity index (χ4v) is 3.61. The maximum atomic E-state index is 13.0. The fourth-order valence-electron chi connectivity index (χ4n) is 2.28. The highest BCUT2D eigenvalue weighted by atomic mass is 79.9. The van der Waals surface area contributed by atoms with Gasteiger partial charge in [0.15, 0.2) is 0 Å². The number of aromatic nitrogens is 3. The number of imidazole rings is 1. The van der Waals surface area contributed by atoms with Crippen LogP contribution < -0.4 is 0 Å². The average molecular weight is 460 g/mol. The molecule has 8 heteroatoms. The number of rotatable bonds is 3. The van der Waals surface area contributed by atoms with Crippen LogP contribution in [0.5, 0.6) is 5.75 Å². The van der Waals surface area contributed by atoms with Crippen LogP contribution in [0, 0.1) is 0 Å². The first-order chi connectivity index (χ1) is 10.9. The topological polar surface area (TPSA) is 67.5 Å². The van der Waals surface area contributed by atoms with E-state index >= 15 is 0 Å². The van der Waals surface area contributed by atoms with Crippen LogP contribution in [-0.2, 0) is 6.42 Å². The van der Waals surface area contributed by atoms with Gasteiger partial charge in [0, 0.05) is 11.8 Å². The van der Waals surface area contributed by atoms with Crippen LogP contribution in [0.1, 0.15) is 28.7 Å². The van der Waals surface area contributed by atoms with E-state index in [1.807, 2.05) is 6.92 Å². The molecule has 0 amide bonds. The molecular formula is C15H10Br2ClN3O2. The number of ketones is 1. The number of aryl methyl sites for hydroxylation is 1. The molecule has 0 unspecified atom stereocenters. The monoisotopic (exact) mass is 457 g/mol. The normalized spacial score (nSPS) is 11.1. The number of hydrogen-bond donors (Lipinski definition) is 1. The Morgan fingerprint density at radius 2 is 2.00 bits per heavy atom. The lowest BCUT2D eigenvalue weighted by Gasteiger charge is -2.07. The van der Waals surface area contributed by atoms with E-state index in [0.29, 0.717) is 43.1 Å². The molecule has 3 rings (SSSR count). The summed E-state index contributed by atoms with van der Waals surface area (Å²) in [4.78, 5) is 21.5. The van der Waals surface area contributed by atoms with Crippen LogP contribution in [0.3, 0.4) is 0 Å². The fraction of sp³-hybridized carbons (Fsp3) is 0.133. The van der Waals surface area contributed by atoms with Crippen molar-refractivity contribution >= 4 is 55.0 Å². The van der Waals surface area contributed by atoms with Crippen LogP contribution in [0.2, 0.25) is 5.02 Å². The number of benzene rings is 1. The number of fused-ring (bicyclic) bond motifs is 1. The first-order valence-corrected chi connectivity index (χ1v) is 8.64. The lowest BCUT2D eigenvalue weighted by Crippen LogP contribution is -2.08. The summed E-state index contributed by atoms with van der Waals surface area (Å²) in [5, 5.41) is 10.2. The molecular weight excluding hydrogens is 449 g/mol. The highest BCUT2D eigenvalue weighted by Gasteiger charge is 2.22. The van der Waals surface area contributed by atoms with E-state index in [4.69, 9.17) is 11.6 Å². The summed E-state index contributed by atoms with van der Waals surface area (Å²) in [7, 11) is 0. The van der Waals surface area contributed by atoms with Gasteiger partial charge in [0.25, 0.3) is 0 Å². The third kappa shape index (κ3) is 2.88. The van der Waals surface area contributed by atoms with Crippen LogP contribution in [0.4, 0.5) is 0 Å². The molecule has 5 nitrogen and oxygen atoms in total. The van der Waals surface area contributed by atoms with E-state index in [9.17, 15) is 9.90 Å². The minimum absolute atomic E-state index is 0.0418. The second-order valence-corrected chi connectivity index (χ2v) is 6.97. The summed E-state index contributed by atoms with van der Waals surface area (Å²) in [6.45, 7) is 1.92. The minimum Gasteiger partial charge on any atom is -0.506 e. The molecule has 1 aromatic carbocycles. The van der Waals surface area contributed by atoms with Gasteiger partial charge in [-0.3, -0.25) is 9.20 Å². The number of phenols is 1. The predicted octanol–water partition coefficient (Wildman–Crippen LogP) is 4.41. The van der Waals surface area contributed by atoms with Crippen LogP contribution in [0.25, 0.3) is 5.78 Å². The van der Waals surface area contributed by atoms with Crippen molar-refractivity contribution in [3.8, 4) is 5.75 Å². The van der Waals surface area contributed by atoms with Crippen LogP contribution in [0.15, 0.2) is 33.5 Å². The second-order valence-electron chi connectivity index (χ2n) is 4.82. The molecule has 0 aliphatic heterocycles. The van der Waals surface area contributed by atoms with Gasteiger partial charge < -0.3 is 5.11 Å². The molecule has 0 saturated carbocycles. The minimum atomic E-state index is -0.222. The molecule has 0 fully saturated rings. The maximum absolute atomic E-state index is 13.0. The Morgan fingerprint density at radius 1 is 1.35 bits per heavy atom. The maximum Gasteiger partial charge on any atom is 0.234 e. The quantitative estimate of drug-likeness (QED) is 0.590. The van der Waals surface area contributed by atoms with Crippen LogP contribution in [-0.4, -0.2) is 25.3 Å². The molecule has 1 N–H and O–H groups in total. The largest absolute Gasteiger partial charge is 0.506 e. The summed E-state index contributed by atoms with van der Waals surface area (Å²) >= 11 is 12.5. The van der Waals surface area contributed by atoms with Gasteiger partial charge in [-0.15, -0.1) is 0 Å². The molecule has 0 bridgehead atoms. The van der Waals surface area contributed by atoms with Gasteiger partial charge in [-0.1, -0.05) is 18.5 Å². The Hall–Kier alpha value is -1.44. The van der Waals surface area contributed by atoms with Gasteiger partial charge in [0.1, 0.15) is 11.4 Å². The van der Waals surface area contributed by atoms with Crippen molar-refractivity contribution in [2.75, 3.05) is 0 Å². The van der Waals surface area contributed by atoms with Crippen molar-refractivity contribution in [2.24, 2.45) is 0 Å². The van der Waals surface area contributed by atoms with Gasteiger partial charge in [-0.05, 0) is 50.4 Å². The molecule has 23 heavy (non-hydrogen) atoms. The molecule has 3 aromatic rings. The molecule has 2 heterocycles. The van der Waals surface area contributed by atoms with Gasteiger partial charge in [-0.2, -0.15) is 0 Å². The number of aromatic hydroxyl groups is 1. The average Bonchev–Trinajstić information content (AvgIpc) is 2.89. The summed E-state index contributed by atoms with van der Waals surface area (Å²) in [6, 6.07) is 3.14. The Balaban J connectivity index is 2.23. The first kappa shape index (κ1) is 16.4. The Labute approximate surface area is 153 Å². The zero-order valence-electron chi connectivity index (χ0n) is 11.8. The molecule has 0 spiro atoms. The Kier molecular flexibility index (Phi) is 4.44. The molecule has 118 valence electrons. The van der Waals surface area contributed by atoms with Crippen molar-refractivity contribution in [2.45, 2.75) is 13.3 Å². The summed E-state index contributed by atoms with van der Waals surface area (Å²) in [6.07, 6.45) is 3.70. The molecule has 0 aliphatic rings.